The van der Waals surface area contributed by atoms with Gasteiger partial charge in [0.2, 0.25) is 27.6 Å². The summed E-state index contributed by atoms with van der Waals surface area (Å²) in [5.41, 5.74) is 1.87. The van der Waals surface area contributed by atoms with Crippen molar-refractivity contribution in [3.8, 4) is 10.7 Å². The molecule has 32 heavy (non-hydrogen) atoms. The molecule has 8 nitrogen and oxygen atoms in total. The normalized spacial score (nSPS) is 17.4. The van der Waals surface area contributed by atoms with E-state index in [9.17, 15) is 13.2 Å². The summed E-state index contributed by atoms with van der Waals surface area (Å²) in [5, 5.41) is 6.84. The molecule has 1 amide bonds. The molecular formula is C22H26N4O4S2. The number of rotatable bonds is 6. The Hall–Kier alpha value is -2.56. The van der Waals surface area contributed by atoms with Crippen LogP contribution in [0.2, 0.25) is 0 Å². The van der Waals surface area contributed by atoms with Crippen molar-refractivity contribution < 1.29 is 17.7 Å². The van der Waals surface area contributed by atoms with E-state index >= 15 is 0 Å². The largest absolute Gasteiger partial charge is 0.339 e. The minimum absolute atomic E-state index is 0.150. The van der Waals surface area contributed by atoms with Gasteiger partial charge in [-0.05, 0) is 49.9 Å². The molecule has 4 rings (SSSR count). The minimum atomic E-state index is -3.75. The number of thiophene rings is 1. The first-order chi connectivity index (χ1) is 15.3. The van der Waals surface area contributed by atoms with E-state index in [1.165, 1.54) is 15.6 Å². The van der Waals surface area contributed by atoms with Crippen LogP contribution in [0.25, 0.3) is 10.7 Å². The Kier molecular flexibility index (Phi) is 6.45. The number of amides is 1. The summed E-state index contributed by atoms with van der Waals surface area (Å²) in [6.07, 6.45) is 2.16. The van der Waals surface area contributed by atoms with Crippen LogP contribution in [0.5, 0.6) is 0 Å². The van der Waals surface area contributed by atoms with E-state index in [2.05, 4.69) is 22.4 Å². The smallest absolute Gasteiger partial charge is 0.244 e. The molecule has 1 atom stereocenters. The van der Waals surface area contributed by atoms with Crippen molar-refractivity contribution in [3.05, 3.63) is 46.7 Å². The summed E-state index contributed by atoms with van der Waals surface area (Å²) in [4.78, 5) is 18.6. The van der Waals surface area contributed by atoms with Crippen LogP contribution in [0, 0.1) is 19.8 Å². The Balaban J connectivity index is 1.51. The number of piperidine rings is 1. The highest BCUT2D eigenvalue weighted by Gasteiger charge is 2.35. The maximum Gasteiger partial charge on any atom is 0.244 e. The number of hydrogen-bond donors (Lipinski definition) is 1. The zero-order valence-corrected chi connectivity index (χ0v) is 19.9. The Morgan fingerprint density at radius 2 is 2.12 bits per heavy atom. The monoisotopic (exact) mass is 474 g/mol. The van der Waals surface area contributed by atoms with E-state index in [4.69, 9.17) is 4.52 Å². The van der Waals surface area contributed by atoms with Crippen molar-refractivity contribution in [2.24, 2.45) is 5.92 Å². The van der Waals surface area contributed by atoms with Gasteiger partial charge >= 0.3 is 0 Å². The van der Waals surface area contributed by atoms with Crippen molar-refractivity contribution in [3.63, 3.8) is 0 Å². The number of aromatic nitrogens is 2. The molecule has 1 aromatic carbocycles. The van der Waals surface area contributed by atoms with Crippen LogP contribution in [0.4, 0.5) is 5.69 Å². The number of carbonyl (C=O) groups excluding carboxylic acids is 1. The predicted octanol–water partition coefficient (Wildman–Crippen LogP) is 4.02. The quantitative estimate of drug-likeness (QED) is 0.579. The summed E-state index contributed by atoms with van der Waals surface area (Å²) < 4.78 is 33.2. The second kappa shape index (κ2) is 9.13. The molecule has 10 heteroatoms. The van der Waals surface area contributed by atoms with Crippen molar-refractivity contribution in [1.82, 2.24) is 14.4 Å². The Morgan fingerprint density at radius 3 is 2.84 bits per heavy atom. The summed E-state index contributed by atoms with van der Waals surface area (Å²) in [6.45, 7) is 6.06. The Morgan fingerprint density at radius 1 is 1.31 bits per heavy atom. The molecule has 1 N–H and O–H groups in total. The third-order valence-electron chi connectivity index (χ3n) is 5.60. The second-order valence-corrected chi connectivity index (χ2v) is 11.1. The molecule has 1 aliphatic heterocycles. The molecule has 0 unspecified atom stereocenters. The zero-order chi connectivity index (χ0) is 22.9. The standard InChI is InChI=1S/C22H26N4O4S2/c1-4-16-7-5-9-18(11-16)24-22(27)17-8-6-10-26(13-17)32(28,29)20-12-19(31-14(20)2)21-23-15(3)30-25-21/h5,7,9,11-12,17H,4,6,8,10,13H2,1-3H3,(H,24,27)/t17-/m1/s1. The third kappa shape index (κ3) is 4.62. The van der Waals surface area contributed by atoms with Crippen LogP contribution in [-0.2, 0) is 21.2 Å². The van der Waals surface area contributed by atoms with Crippen molar-refractivity contribution in [2.75, 3.05) is 18.4 Å². The summed E-state index contributed by atoms with van der Waals surface area (Å²) in [7, 11) is -3.75. The van der Waals surface area contributed by atoms with Crippen molar-refractivity contribution >= 4 is 33.0 Å². The molecule has 0 spiro atoms. The number of carbonyl (C=O) groups is 1. The lowest BCUT2D eigenvalue weighted by molar-refractivity contribution is -0.120. The summed E-state index contributed by atoms with van der Waals surface area (Å²) in [6, 6.07) is 9.32. The van der Waals surface area contributed by atoms with Gasteiger partial charge in [0.05, 0.1) is 15.7 Å². The van der Waals surface area contributed by atoms with E-state index in [1.807, 2.05) is 24.3 Å². The number of anilines is 1. The molecule has 3 aromatic rings. The molecule has 1 aliphatic rings. The highest BCUT2D eigenvalue weighted by Crippen LogP contribution is 2.35. The lowest BCUT2D eigenvalue weighted by Crippen LogP contribution is -2.43. The highest BCUT2D eigenvalue weighted by molar-refractivity contribution is 7.89. The number of nitrogens with one attached hydrogen (secondary N) is 1. The van der Waals surface area contributed by atoms with Crippen LogP contribution >= 0.6 is 11.3 Å². The number of sulfonamides is 1. The van der Waals surface area contributed by atoms with E-state index in [0.29, 0.717) is 40.9 Å². The van der Waals surface area contributed by atoms with E-state index < -0.39 is 15.9 Å². The van der Waals surface area contributed by atoms with Gasteiger partial charge in [0, 0.05) is 30.6 Å². The fraction of sp³-hybridized carbons (Fsp3) is 0.409. The van der Waals surface area contributed by atoms with Gasteiger partial charge in [0.1, 0.15) is 0 Å². The first-order valence-electron chi connectivity index (χ1n) is 10.6. The maximum atomic E-state index is 13.4. The fourth-order valence-corrected chi connectivity index (χ4v) is 6.87. The van der Waals surface area contributed by atoms with Crippen LogP contribution in [-0.4, -0.2) is 41.9 Å². The molecule has 1 saturated heterocycles. The topological polar surface area (TPSA) is 105 Å². The first kappa shape index (κ1) is 22.6. The molecule has 0 saturated carbocycles. The number of hydrogen-bond acceptors (Lipinski definition) is 7. The molecule has 170 valence electrons. The molecular weight excluding hydrogens is 448 g/mol. The van der Waals surface area contributed by atoms with Gasteiger partial charge in [0.25, 0.3) is 0 Å². The first-order valence-corrected chi connectivity index (χ1v) is 12.8. The van der Waals surface area contributed by atoms with Crippen LogP contribution in [0.3, 0.4) is 0 Å². The SMILES string of the molecule is CCc1cccc(NC(=O)[C@@H]2CCCN(S(=O)(=O)c3cc(-c4noc(C)n4)sc3C)C2)c1. The maximum absolute atomic E-state index is 13.4. The van der Waals surface area contributed by atoms with Gasteiger partial charge in [0.15, 0.2) is 0 Å². The number of aryl methyl sites for hydroxylation is 3. The average Bonchev–Trinajstić information content (AvgIpc) is 3.39. The van der Waals surface area contributed by atoms with Crippen LogP contribution < -0.4 is 5.32 Å². The molecule has 0 radical (unpaired) electrons. The average molecular weight is 475 g/mol. The van der Waals surface area contributed by atoms with Crippen molar-refractivity contribution in [1.29, 1.82) is 0 Å². The van der Waals surface area contributed by atoms with Gasteiger partial charge in [-0.15, -0.1) is 11.3 Å². The van der Waals surface area contributed by atoms with Gasteiger partial charge in [-0.3, -0.25) is 4.79 Å². The number of benzene rings is 1. The van der Waals surface area contributed by atoms with E-state index in [0.717, 1.165) is 17.7 Å². The lowest BCUT2D eigenvalue weighted by atomic mass is 9.98. The highest BCUT2D eigenvalue weighted by atomic mass is 32.2. The third-order valence-corrected chi connectivity index (χ3v) is 8.76. The molecule has 2 aromatic heterocycles. The summed E-state index contributed by atoms with van der Waals surface area (Å²) in [5.74, 6) is 0.248. The lowest BCUT2D eigenvalue weighted by Gasteiger charge is -2.31. The Labute approximate surface area is 191 Å². The molecule has 0 bridgehead atoms. The molecule has 3 heterocycles. The zero-order valence-electron chi connectivity index (χ0n) is 18.3. The molecule has 0 aliphatic carbocycles. The predicted molar refractivity (Wildman–Crippen MR) is 123 cm³/mol. The Bertz CT molecular complexity index is 1230. The molecule has 1 fully saturated rings. The second-order valence-electron chi connectivity index (χ2n) is 7.91. The number of nitrogens with zero attached hydrogens (tertiary/aromatic N) is 3. The van der Waals surface area contributed by atoms with E-state index in [1.54, 1.807) is 19.9 Å². The van der Waals surface area contributed by atoms with Crippen LogP contribution in [0.1, 0.15) is 36.1 Å². The van der Waals surface area contributed by atoms with Gasteiger partial charge in [-0.2, -0.15) is 9.29 Å². The summed E-state index contributed by atoms with van der Waals surface area (Å²) >= 11 is 1.31. The van der Waals surface area contributed by atoms with Gasteiger partial charge in [-0.25, -0.2) is 8.42 Å². The van der Waals surface area contributed by atoms with Crippen molar-refractivity contribution in [2.45, 2.75) is 44.9 Å². The van der Waals surface area contributed by atoms with Gasteiger partial charge < -0.3 is 9.84 Å². The van der Waals surface area contributed by atoms with Gasteiger partial charge in [-0.1, -0.05) is 24.2 Å². The van der Waals surface area contributed by atoms with E-state index in [-0.39, 0.29) is 17.3 Å². The van der Waals surface area contributed by atoms with Crippen LogP contribution in [0.15, 0.2) is 39.8 Å². The minimum Gasteiger partial charge on any atom is -0.339 e. The fourth-order valence-electron chi connectivity index (χ4n) is 3.86.